The molecule has 6 nitrogen and oxygen atoms in total. The van der Waals surface area contributed by atoms with Crippen LogP contribution in [0.1, 0.15) is 60.2 Å². The van der Waals surface area contributed by atoms with Crippen molar-refractivity contribution in [3.8, 4) is 0 Å². The Hall–Kier alpha value is -1.31. The second kappa shape index (κ2) is 5.72. The van der Waals surface area contributed by atoms with Crippen molar-refractivity contribution in [3.05, 3.63) is 27.8 Å². The highest BCUT2D eigenvalue weighted by atomic mass is 32.1. The van der Waals surface area contributed by atoms with Gasteiger partial charge < -0.3 is 9.26 Å². The molecule has 2 atom stereocenters. The van der Waals surface area contributed by atoms with Crippen molar-refractivity contribution in [2.45, 2.75) is 44.8 Å². The van der Waals surface area contributed by atoms with Gasteiger partial charge in [-0.05, 0) is 26.7 Å². The SMILES string of the molecule is Cc1csc([C@H]2CN([C@@H](C)c3nc(C4CC4)no3)CCO2)n1. The summed E-state index contributed by atoms with van der Waals surface area (Å²) in [7, 11) is 0. The summed E-state index contributed by atoms with van der Waals surface area (Å²) >= 11 is 1.67. The molecule has 0 bridgehead atoms. The largest absolute Gasteiger partial charge is 0.368 e. The van der Waals surface area contributed by atoms with Crippen LogP contribution in [0.4, 0.5) is 0 Å². The number of nitrogens with zero attached hydrogens (tertiary/aromatic N) is 4. The Morgan fingerprint density at radius 3 is 2.95 bits per heavy atom. The smallest absolute Gasteiger partial charge is 0.243 e. The number of aryl methyl sites for hydroxylation is 1. The molecule has 2 fully saturated rings. The summed E-state index contributed by atoms with van der Waals surface area (Å²) in [4.78, 5) is 11.5. The number of aromatic nitrogens is 3. The molecule has 1 aliphatic carbocycles. The van der Waals surface area contributed by atoms with Crippen molar-refractivity contribution < 1.29 is 9.26 Å². The molecular weight excluding hydrogens is 300 g/mol. The summed E-state index contributed by atoms with van der Waals surface area (Å²) in [5.74, 6) is 2.13. The summed E-state index contributed by atoms with van der Waals surface area (Å²) < 4.78 is 11.4. The second-order valence-corrected chi connectivity index (χ2v) is 7.01. The van der Waals surface area contributed by atoms with E-state index in [1.807, 2.05) is 6.92 Å². The molecule has 1 saturated carbocycles. The molecule has 0 spiro atoms. The van der Waals surface area contributed by atoms with Crippen LogP contribution in [-0.4, -0.2) is 39.7 Å². The van der Waals surface area contributed by atoms with Crippen LogP contribution in [0, 0.1) is 6.92 Å². The van der Waals surface area contributed by atoms with Gasteiger partial charge >= 0.3 is 0 Å². The summed E-state index contributed by atoms with van der Waals surface area (Å²) in [5.41, 5.74) is 1.06. The van der Waals surface area contributed by atoms with Crippen LogP contribution in [0.3, 0.4) is 0 Å². The van der Waals surface area contributed by atoms with Crippen LogP contribution in [-0.2, 0) is 4.74 Å². The molecule has 0 N–H and O–H groups in total. The number of morpholine rings is 1. The number of hydrogen-bond acceptors (Lipinski definition) is 7. The predicted octanol–water partition coefficient (Wildman–Crippen LogP) is 2.85. The third kappa shape index (κ3) is 2.80. The first-order chi connectivity index (χ1) is 10.7. The third-order valence-corrected chi connectivity index (χ3v) is 5.37. The maximum atomic E-state index is 5.89. The van der Waals surface area contributed by atoms with E-state index in [1.165, 1.54) is 12.8 Å². The number of hydrogen-bond donors (Lipinski definition) is 0. The highest BCUT2D eigenvalue weighted by molar-refractivity contribution is 7.09. The van der Waals surface area contributed by atoms with Crippen molar-refractivity contribution in [2.24, 2.45) is 0 Å². The van der Waals surface area contributed by atoms with Crippen molar-refractivity contribution in [3.63, 3.8) is 0 Å². The van der Waals surface area contributed by atoms with Crippen LogP contribution >= 0.6 is 11.3 Å². The molecule has 2 aromatic rings. The van der Waals surface area contributed by atoms with Crippen molar-refractivity contribution >= 4 is 11.3 Å². The Balaban J connectivity index is 1.46. The molecule has 0 amide bonds. The summed E-state index contributed by atoms with van der Waals surface area (Å²) in [6, 6.07) is 0.118. The van der Waals surface area contributed by atoms with Gasteiger partial charge in [0, 0.05) is 30.1 Å². The van der Waals surface area contributed by atoms with E-state index in [9.17, 15) is 0 Å². The molecule has 22 heavy (non-hydrogen) atoms. The number of ether oxygens (including phenoxy) is 1. The lowest BCUT2D eigenvalue weighted by molar-refractivity contribution is -0.0470. The Kier molecular flexibility index (Phi) is 3.71. The molecule has 3 heterocycles. The van der Waals surface area contributed by atoms with Gasteiger partial charge in [-0.15, -0.1) is 11.3 Å². The fourth-order valence-corrected chi connectivity index (χ4v) is 3.61. The molecule has 118 valence electrons. The van der Waals surface area contributed by atoms with E-state index in [0.29, 0.717) is 12.5 Å². The van der Waals surface area contributed by atoms with E-state index in [4.69, 9.17) is 9.26 Å². The normalized spacial score (nSPS) is 24.5. The first kappa shape index (κ1) is 14.3. The van der Waals surface area contributed by atoms with Gasteiger partial charge in [0.2, 0.25) is 5.89 Å². The monoisotopic (exact) mass is 320 g/mol. The molecule has 0 radical (unpaired) electrons. The van der Waals surface area contributed by atoms with Crippen LogP contribution < -0.4 is 0 Å². The quantitative estimate of drug-likeness (QED) is 0.863. The Morgan fingerprint density at radius 1 is 1.36 bits per heavy atom. The van der Waals surface area contributed by atoms with Gasteiger partial charge in [-0.1, -0.05) is 5.16 Å². The topological polar surface area (TPSA) is 64.3 Å². The Morgan fingerprint density at radius 2 is 2.23 bits per heavy atom. The summed E-state index contributed by atoms with van der Waals surface area (Å²) in [5, 5.41) is 7.24. The van der Waals surface area contributed by atoms with Gasteiger partial charge in [0.15, 0.2) is 5.82 Å². The van der Waals surface area contributed by atoms with Crippen molar-refractivity contribution in [1.29, 1.82) is 0 Å². The molecule has 1 saturated heterocycles. The van der Waals surface area contributed by atoms with Crippen molar-refractivity contribution in [1.82, 2.24) is 20.0 Å². The molecule has 0 unspecified atom stereocenters. The van der Waals surface area contributed by atoms with Crippen molar-refractivity contribution in [2.75, 3.05) is 19.7 Å². The van der Waals surface area contributed by atoms with Gasteiger partial charge in [0.1, 0.15) is 11.1 Å². The molecule has 2 aliphatic rings. The molecule has 2 aromatic heterocycles. The average Bonchev–Trinajstić information content (AvgIpc) is 3.10. The van der Waals surface area contributed by atoms with Gasteiger partial charge in [-0.3, -0.25) is 4.90 Å². The lowest BCUT2D eigenvalue weighted by atomic mass is 10.2. The fourth-order valence-electron chi connectivity index (χ4n) is 2.77. The van der Waals surface area contributed by atoms with Crippen LogP contribution in [0.25, 0.3) is 0 Å². The number of rotatable bonds is 4. The zero-order valence-corrected chi connectivity index (χ0v) is 13.7. The minimum Gasteiger partial charge on any atom is -0.368 e. The Labute approximate surface area is 133 Å². The van der Waals surface area contributed by atoms with E-state index in [2.05, 4.69) is 32.3 Å². The molecule has 4 rings (SSSR count). The van der Waals surface area contributed by atoms with E-state index >= 15 is 0 Å². The lowest BCUT2D eigenvalue weighted by Crippen LogP contribution is -2.40. The highest BCUT2D eigenvalue weighted by Gasteiger charge is 2.33. The van der Waals surface area contributed by atoms with Gasteiger partial charge in [0.05, 0.1) is 12.6 Å². The molecular formula is C15H20N4O2S. The maximum absolute atomic E-state index is 5.89. The highest BCUT2D eigenvalue weighted by Crippen LogP contribution is 2.39. The van der Waals surface area contributed by atoms with Crippen LogP contribution in [0.15, 0.2) is 9.90 Å². The molecule has 1 aliphatic heterocycles. The van der Waals surface area contributed by atoms with E-state index in [0.717, 1.165) is 35.5 Å². The average molecular weight is 320 g/mol. The molecule has 0 aromatic carbocycles. The lowest BCUT2D eigenvalue weighted by Gasteiger charge is -2.34. The fraction of sp³-hybridized carbons (Fsp3) is 0.667. The predicted molar refractivity (Wildman–Crippen MR) is 81.8 cm³/mol. The third-order valence-electron chi connectivity index (χ3n) is 4.32. The Bertz CT molecular complexity index is 652. The van der Waals surface area contributed by atoms with E-state index < -0.39 is 0 Å². The van der Waals surface area contributed by atoms with Gasteiger partial charge in [-0.2, -0.15) is 4.98 Å². The van der Waals surface area contributed by atoms with E-state index in [-0.39, 0.29) is 12.1 Å². The second-order valence-electron chi connectivity index (χ2n) is 6.12. The van der Waals surface area contributed by atoms with Gasteiger partial charge in [0.25, 0.3) is 0 Å². The van der Waals surface area contributed by atoms with E-state index in [1.54, 1.807) is 11.3 Å². The zero-order chi connectivity index (χ0) is 15.1. The summed E-state index contributed by atoms with van der Waals surface area (Å²) in [6.07, 6.45) is 2.42. The first-order valence-electron chi connectivity index (χ1n) is 7.82. The first-order valence-corrected chi connectivity index (χ1v) is 8.70. The zero-order valence-electron chi connectivity index (χ0n) is 12.9. The molecule has 7 heteroatoms. The van der Waals surface area contributed by atoms with Crippen LogP contribution in [0.5, 0.6) is 0 Å². The van der Waals surface area contributed by atoms with Crippen LogP contribution in [0.2, 0.25) is 0 Å². The maximum Gasteiger partial charge on any atom is 0.243 e. The standard InChI is InChI=1S/C15H20N4O2S/c1-9-8-22-15(16-9)12-7-19(5-6-20-12)10(2)14-17-13(18-21-14)11-3-4-11/h8,10-12H,3-7H2,1-2H3/t10-,12+/m0/s1. The summed E-state index contributed by atoms with van der Waals surface area (Å²) in [6.45, 7) is 6.54. The van der Waals surface area contributed by atoms with Gasteiger partial charge in [-0.25, -0.2) is 4.98 Å². The minimum absolute atomic E-state index is 0.0423. The number of thiazole rings is 1. The minimum atomic E-state index is 0.0423.